The SMILES string of the molecule is CC.CCC(=O)NO.CCC(CC(=O)NO)CC(C)C.CCCCCC(=O)NO.CCCCCC(=O)NO. The van der Waals surface area contributed by atoms with E-state index in [0.717, 1.165) is 51.4 Å². The molecule has 0 radical (unpaired) electrons. The van der Waals surface area contributed by atoms with Crippen molar-refractivity contribution in [2.45, 2.75) is 132 Å². The second-order valence-electron chi connectivity index (χ2n) is 8.52. The molecule has 0 aromatic carbocycles. The molecule has 0 bridgehead atoms. The van der Waals surface area contributed by atoms with Crippen molar-refractivity contribution in [3.63, 3.8) is 0 Å². The molecule has 0 rings (SSSR count). The van der Waals surface area contributed by atoms with Crippen LogP contribution in [0.5, 0.6) is 0 Å². The number of carbonyl (C=O) groups is 4. The second kappa shape index (κ2) is 39.2. The number of hydrogen-bond acceptors (Lipinski definition) is 8. The van der Waals surface area contributed by atoms with Crippen LogP contribution in [0.1, 0.15) is 132 Å². The van der Waals surface area contributed by atoms with Crippen molar-refractivity contribution in [1.29, 1.82) is 0 Å². The molecular formula is C26H58N4O8. The number of carbonyl (C=O) groups excluding carboxylic acids is 4. The van der Waals surface area contributed by atoms with Crippen molar-refractivity contribution in [1.82, 2.24) is 21.9 Å². The van der Waals surface area contributed by atoms with Gasteiger partial charge in [-0.15, -0.1) is 0 Å². The summed E-state index contributed by atoms with van der Waals surface area (Å²) >= 11 is 0. The number of hydroxylamine groups is 4. The van der Waals surface area contributed by atoms with E-state index in [1.54, 1.807) is 23.4 Å². The first-order valence-electron chi connectivity index (χ1n) is 13.7. The maximum absolute atomic E-state index is 10.8. The molecule has 38 heavy (non-hydrogen) atoms. The molecule has 4 amide bonds. The fourth-order valence-corrected chi connectivity index (χ4v) is 2.63. The highest BCUT2D eigenvalue weighted by molar-refractivity contribution is 5.75. The van der Waals surface area contributed by atoms with Crippen LogP contribution in [-0.4, -0.2) is 44.5 Å². The smallest absolute Gasteiger partial charge is 0.243 e. The van der Waals surface area contributed by atoms with E-state index in [4.69, 9.17) is 20.8 Å². The number of rotatable bonds is 14. The molecule has 0 aliphatic carbocycles. The molecule has 1 unspecified atom stereocenters. The van der Waals surface area contributed by atoms with Crippen LogP contribution in [0.15, 0.2) is 0 Å². The van der Waals surface area contributed by atoms with Crippen molar-refractivity contribution < 1.29 is 40.0 Å². The van der Waals surface area contributed by atoms with Gasteiger partial charge in [0.15, 0.2) is 0 Å². The Labute approximate surface area is 230 Å². The van der Waals surface area contributed by atoms with Crippen LogP contribution in [0.3, 0.4) is 0 Å². The van der Waals surface area contributed by atoms with E-state index in [1.165, 1.54) is 5.48 Å². The molecule has 0 aliphatic rings. The van der Waals surface area contributed by atoms with Gasteiger partial charge in [0.2, 0.25) is 23.6 Å². The summed E-state index contributed by atoms with van der Waals surface area (Å²) in [5, 5.41) is 32.1. The van der Waals surface area contributed by atoms with Gasteiger partial charge in [-0.25, -0.2) is 21.9 Å². The average molecular weight is 555 g/mol. The number of hydrogen-bond donors (Lipinski definition) is 8. The Kier molecular flexibility index (Phi) is 47.1. The molecule has 0 heterocycles. The number of amides is 4. The van der Waals surface area contributed by atoms with Crippen LogP contribution in [0.4, 0.5) is 0 Å². The van der Waals surface area contributed by atoms with Crippen LogP contribution < -0.4 is 21.9 Å². The van der Waals surface area contributed by atoms with E-state index in [-0.39, 0.29) is 23.6 Å². The Morgan fingerprint density at radius 3 is 1.18 bits per heavy atom. The summed E-state index contributed by atoms with van der Waals surface area (Å²) in [6.07, 6.45) is 9.69. The minimum atomic E-state index is -0.352. The van der Waals surface area contributed by atoms with Crippen molar-refractivity contribution in [2.75, 3.05) is 0 Å². The highest BCUT2D eigenvalue weighted by Crippen LogP contribution is 2.18. The van der Waals surface area contributed by atoms with Gasteiger partial charge in [0, 0.05) is 25.7 Å². The summed E-state index contributed by atoms with van der Waals surface area (Å²) in [4.78, 5) is 41.3. The van der Waals surface area contributed by atoms with E-state index in [9.17, 15) is 19.2 Å². The third-order valence-corrected chi connectivity index (χ3v) is 4.69. The fourth-order valence-electron chi connectivity index (χ4n) is 2.63. The molecule has 0 spiro atoms. The summed E-state index contributed by atoms with van der Waals surface area (Å²) in [6, 6.07) is 0. The molecular weight excluding hydrogens is 496 g/mol. The Morgan fingerprint density at radius 1 is 0.605 bits per heavy atom. The third-order valence-electron chi connectivity index (χ3n) is 4.69. The van der Waals surface area contributed by atoms with Gasteiger partial charge in [-0.3, -0.25) is 40.0 Å². The highest BCUT2D eigenvalue weighted by Gasteiger charge is 2.12. The first-order chi connectivity index (χ1) is 18.0. The summed E-state index contributed by atoms with van der Waals surface area (Å²) in [7, 11) is 0. The molecule has 0 saturated carbocycles. The highest BCUT2D eigenvalue weighted by atomic mass is 16.5. The lowest BCUT2D eigenvalue weighted by molar-refractivity contribution is -0.130. The van der Waals surface area contributed by atoms with Crippen LogP contribution in [-0.2, 0) is 19.2 Å². The van der Waals surface area contributed by atoms with E-state index >= 15 is 0 Å². The van der Waals surface area contributed by atoms with Crippen LogP contribution >= 0.6 is 0 Å². The Bertz CT molecular complexity index is 507. The maximum Gasteiger partial charge on any atom is 0.243 e. The predicted molar refractivity (Wildman–Crippen MR) is 147 cm³/mol. The molecule has 0 aromatic rings. The number of unbranched alkanes of at least 4 members (excludes halogenated alkanes) is 4. The van der Waals surface area contributed by atoms with Crippen LogP contribution in [0.2, 0.25) is 0 Å². The molecule has 0 aromatic heterocycles. The van der Waals surface area contributed by atoms with Crippen molar-refractivity contribution in [3.8, 4) is 0 Å². The topological polar surface area (TPSA) is 197 Å². The normalized spacial score (nSPS) is 9.82. The fraction of sp³-hybridized carbons (Fsp3) is 0.846. The lowest BCUT2D eigenvalue weighted by atomic mass is 9.92. The van der Waals surface area contributed by atoms with Crippen molar-refractivity contribution >= 4 is 23.6 Å². The second-order valence-corrected chi connectivity index (χ2v) is 8.52. The molecule has 230 valence electrons. The van der Waals surface area contributed by atoms with Crippen LogP contribution in [0, 0.1) is 11.8 Å². The number of nitrogens with one attached hydrogen (secondary N) is 4. The minimum absolute atomic E-state index is 0.275. The van der Waals surface area contributed by atoms with Gasteiger partial charge < -0.3 is 0 Å². The van der Waals surface area contributed by atoms with Gasteiger partial charge in [0.25, 0.3) is 0 Å². The Morgan fingerprint density at radius 2 is 0.974 bits per heavy atom. The molecule has 0 aliphatic heterocycles. The lowest BCUT2D eigenvalue weighted by Gasteiger charge is -2.15. The molecule has 1 atom stereocenters. The first-order valence-corrected chi connectivity index (χ1v) is 13.7. The minimum Gasteiger partial charge on any atom is -0.289 e. The summed E-state index contributed by atoms with van der Waals surface area (Å²) in [5.41, 5.74) is 6.31. The average Bonchev–Trinajstić information content (AvgIpc) is 2.93. The van der Waals surface area contributed by atoms with Gasteiger partial charge in [0.05, 0.1) is 0 Å². The monoisotopic (exact) mass is 554 g/mol. The zero-order valence-electron chi connectivity index (χ0n) is 25.1. The zero-order chi connectivity index (χ0) is 30.8. The van der Waals surface area contributed by atoms with E-state index < -0.39 is 0 Å². The van der Waals surface area contributed by atoms with E-state index in [2.05, 4.69) is 34.6 Å². The van der Waals surface area contributed by atoms with Gasteiger partial charge in [0.1, 0.15) is 0 Å². The standard InChI is InChI=1S/C9H19NO2.2C6H13NO2.C3H7NO2.C2H6/c1-4-8(5-7(2)3)6-9(11)10-12;2*1-2-3-4-5-6(8)7-9;1-2-3(5)4-6;1-2/h7-8,12H,4-6H2,1-3H3,(H,10,11);2*9H,2-5H2,1H3,(H,7,8);6H,2H2,1H3,(H,4,5);1-2H3. The van der Waals surface area contributed by atoms with E-state index in [0.29, 0.717) is 37.5 Å². The molecule has 0 fully saturated rings. The molecule has 0 saturated heterocycles. The summed E-state index contributed by atoms with van der Waals surface area (Å²) in [5.74, 6) is -0.192. The van der Waals surface area contributed by atoms with E-state index in [1.807, 2.05) is 13.8 Å². The third kappa shape index (κ3) is 47.0. The first kappa shape index (κ1) is 45.6. The predicted octanol–water partition coefficient (Wildman–Crippen LogP) is 5.03. The van der Waals surface area contributed by atoms with Crippen LogP contribution in [0.25, 0.3) is 0 Å². The largest absolute Gasteiger partial charge is 0.289 e. The summed E-state index contributed by atoms with van der Waals surface area (Å²) in [6.45, 7) is 16.1. The molecule has 8 N–H and O–H groups in total. The van der Waals surface area contributed by atoms with Gasteiger partial charge in [-0.05, 0) is 31.1 Å². The molecule has 12 heteroatoms. The van der Waals surface area contributed by atoms with Gasteiger partial charge >= 0.3 is 0 Å². The zero-order valence-corrected chi connectivity index (χ0v) is 25.1. The quantitative estimate of drug-likeness (QED) is 0.0830. The maximum atomic E-state index is 10.8. The summed E-state index contributed by atoms with van der Waals surface area (Å²) < 4.78 is 0. The Balaban J connectivity index is -0.000000127. The van der Waals surface area contributed by atoms with Gasteiger partial charge in [-0.1, -0.05) is 87.5 Å². The Hall–Kier alpha value is -2.28. The molecule has 12 nitrogen and oxygen atoms in total. The van der Waals surface area contributed by atoms with Crippen molar-refractivity contribution in [3.05, 3.63) is 0 Å². The lowest BCUT2D eigenvalue weighted by Crippen LogP contribution is -2.22. The van der Waals surface area contributed by atoms with Gasteiger partial charge in [-0.2, -0.15) is 0 Å². The van der Waals surface area contributed by atoms with Crippen molar-refractivity contribution in [2.24, 2.45) is 11.8 Å².